The van der Waals surface area contributed by atoms with E-state index in [2.05, 4.69) is 10.6 Å². The number of halogens is 1. The largest absolute Gasteiger partial charge is 0.495 e. The molecule has 2 atom stereocenters. The zero-order valence-electron chi connectivity index (χ0n) is 21.6. The average Bonchev–Trinajstić information content (AvgIpc) is 3.42. The number of rotatable bonds is 9. The van der Waals surface area contributed by atoms with E-state index in [1.54, 1.807) is 35.2 Å². The van der Waals surface area contributed by atoms with Crippen LogP contribution in [0.4, 0.5) is 16.2 Å². The van der Waals surface area contributed by atoms with Crippen molar-refractivity contribution in [2.45, 2.75) is 37.8 Å². The summed E-state index contributed by atoms with van der Waals surface area (Å²) in [7, 11) is 1.50. The van der Waals surface area contributed by atoms with Crippen LogP contribution >= 0.6 is 11.6 Å². The van der Waals surface area contributed by atoms with Gasteiger partial charge in [0.15, 0.2) is 5.56 Å². The molecule has 204 valence electrons. The smallest absolute Gasteiger partial charge is 0.335 e. The molecule has 0 radical (unpaired) electrons. The number of anilines is 2. The minimum Gasteiger partial charge on any atom is -0.495 e. The number of alkyl halides is 1. The summed E-state index contributed by atoms with van der Waals surface area (Å²) in [6.07, 6.45) is 1.61. The minimum atomic E-state index is -1.03. The zero-order valence-corrected chi connectivity index (χ0v) is 22.4. The Morgan fingerprint density at radius 2 is 1.77 bits per heavy atom. The van der Waals surface area contributed by atoms with Crippen molar-refractivity contribution >= 4 is 40.9 Å². The van der Waals surface area contributed by atoms with E-state index in [0.29, 0.717) is 35.8 Å². The van der Waals surface area contributed by atoms with Gasteiger partial charge in [0.25, 0.3) is 0 Å². The van der Waals surface area contributed by atoms with Crippen molar-refractivity contribution in [2.24, 2.45) is 0 Å². The molecule has 1 heterocycles. The molecule has 3 N–H and O–H groups in total. The molecule has 10 heteroatoms. The van der Waals surface area contributed by atoms with Gasteiger partial charge in [-0.05, 0) is 73.4 Å². The van der Waals surface area contributed by atoms with Gasteiger partial charge in [0.1, 0.15) is 11.5 Å². The number of aromatic carboxylic acids is 1. The van der Waals surface area contributed by atoms with Crippen molar-refractivity contribution in [1.82, 2.24) is 4.90 Å². The van der Waals surface area contributed by atoms with E-state index in [-0.39, 0.29) is 23.9 Å². The predicted molar refractivity (Wildman–Crippen MR) is 149 cm³/mol. The van der Waals surface area contributed by atoms with E-state index in [0.717, 1.165) is 17.5 Å². The Hall–Kier alpha value is -4.24. The van der Waals surface area contributed by atoms with Crippen molar-refractivity contribution in [3.05, 3.63) is 83.4 Å². The van der Waals surface area contributed by atoms with Gasteiger partial charge in [0.05, 0.1) is 30.8 Å². The number of aryl methyl sites for hydroxylation is 1. The molecule has 0 spiro atoms. The van der Waals surface area contributed by atoms with E-state index in [1.807, 2.05) is 31.2 Å². The molecule has 4 rings (SSSR count). The lowest BCUT2D eigenvalue weighted by atomic mass is 10.1. The predicted octanol–water partition coefficient (Wildman–Crippen LogP) is 5.52. The van der Waals surface area contributed by atoms with Crippen LogP contribution in [0.25, 0.3) is 0 Å². The fourth-order valence-electron chi connectivity index (χ4n) is 4.47. The minimum absolute atomic E-state index is 0.104. The highest BCUT2D eigenvalue weighted by Gasteiger charge is 2.35. The summed E-state index contributed by atoms with van der Waals surface area (Å²) >= 11 is 6.55. The number of hydrogen-bond donors (Lipinski definition) is 3. The molecule has 1 aliphatic rings. The molecule has 0 bridgehead atoms. The molecule has 0 saturated carbocycles. The average molecular weight is 552 g/mol. The summed E-state index contributed by atoms with van der Waals surface area (Å²) in [5.41, 5.74) is 2.20. The molecule has 3 aromatic rings. The van der Waals surface area contributed by atoms with Gasteiger partial charge in [-0.25, -0.2) is 9.59 Å². The van der Waals surface area contributed by atoms with Crippen LogP contribution in [0.1, 0.15) is 34.3 Å². The molecular formula is C29H30ClN3O6. The van der Waals surface area contributed by atoms with Gasteiger partial charge in [0, 0.05) is 12.2 Å². The number of para-hydroxylation sites is 1. The van der Waals surface area contributed by atoms with Crippen LogP contribution in [-0.4, -0.2) is 53.2 Å². The number of nitrogens with zero attached hydrogens (tertiary/aromatic N) is 1. The number of benzene rings is 3. The van der Waals surface area contributed by atoms with Gasteiger partial charge in [-0.15, -0.1) is 0 Å². The monoisotopic (exact) mass is 551 g/mol. The first kappa shape index (κ1) is 27.8. The van der Waals surface area contributed by atoms with E-state index in [1.165, 1.54) is 19.2 Å². The molecule has 9 nitrogen and oxygen atoms in total. The Bertz CT molecular complexity index is 1350. The zero-order chi connectivity index (χ0) is 27.9. The maximum absolute atomic E-state index is 13.2. The van der Waals surface area contributed by atoms with E-state index >= 15 is 0 Å². The number of carbonyl (C=O) groups is 3. The van der Waals surface area contributed by atoms with Crippen LogP contribution in [-0.2, 0) is 11.2 Å². The van der Waals surface area contributed by atoms with Gasteiger partial charge in [0.2, 0.25) is 5.91 Å². The topological polar surface area (TPSA) is 117 Å². The molecule has 3 amide bonds. The lowest BCUT2D eigenvalue weighted by molar-refractivity contribution is -0.132. The van der Waals surface area contributed by atoms with Crippen LogP contribution in [0, 0.1) is 6.92 Å². The molecule has 1 aliphatic heterocycles. The summed E-state index contributed by atoms with van der Waals surface area (Å²) in [4.78, 5) is 38.5. The SMILES string of the molecule is COc1cc(CC(=O)N2CCC[C@H]2C(Cl)Oc2ccc(C(=O)O)cc2)ccc1NC(=O)Nc1ccccc1C. The summed E-state index contributed by atoms with van der Waals surface area (Å²) < 4.78 is 11.3. The molecular weight excluding hydrogens is 522 g/mol. The molecule has 0 aromatic heterocycles. The standard InChI is InChI=1S/C29H30ClN3O6/c1-18-6-3-4-7-22(18)31-29(37)32-23-14-9-19(16-25(23)38-2)17-26(34)33-15-5-8-24(33)27(30)39-21-12-10-20(11-13-21)28(35)36/h3-4,6-7,9-14,16,24,27H,5,8,15,17H2,1-2H3,(H,35,36)(H2,31,32,37)/t24-,27?/m0/s1. The number of hydrogen-bond acceptors (Lipinski definition) is 5. The first-order chi connectivity index (χ1) is 18.7. The number of methoxy groups -OCH3 is 1. The van der Waals surface area contributed by atoms with Crippen LogP contribution < -0.4 is 20.1 Å². The van der Waals surface area contributed by atoms with E-state index in [9.17, 15) is 14.4 Å². The fraction of sp³-hybridized carbons (Fsp3) is 0.276. The Labute approximate surface area is 231 Å². The van der Waals surface area contributed by atoms with Crippen LogP contribution in [0.15, 0.2) is 66.7 Å². The number of urea groups is 1. The third kappa shape index (κ3) is 7.00. The van der Waals surface area contributed by atoms with Crippen LogP contribution in [0.2, 0.25) is 0 Å². The Morgan fingerprint density at radius 1 is 1.05 bits per heavy atom. The van der Waals surface area contributed by atoms with Crippen LogP contribution in [0.3, 0.4) is 0 Å². The van der Waals surface area contributed by atoms with Gasteiger partial charge in [-0.3, -0.25) is 4.79 Å². The van der Waals surface area contributed by atoms with Crippen LogP contribution in [0.5, 0.6) is 11.5 Å². The number of amides is 3. The summed E-state index contributed by atoms with van der Waals surface area (Å²) in [5, 5.41) is 14.7. The molecule has 1 fully saturated rings. The molecule has 39 heavy (non-hydrogen) atoms. The Morgan fingerprint density at radius 3 is 2.46 bits per heavy atom. The highest BCUT2D eigenvalue weighted by atomic mass is 35.5. The summed E-state index contributed by atoms with van der Waals surface area (Å²) in [5.74, 6) is -0.268. The second-order valence-electron chi connectivity index (χ2n) is 9.20. The number of ether oxygens (including phenoxy) is 2. The first-order valence-electron chi connectivity index (χ1n) is 12.5. The number of nitrogens with one attached hydrogen (secondary N) is 2. The van der Waals surface area contributed by atoms with Gasteiger partial charge < -0.3 is 30.1 Å². The number of carboxylic acids is 1. The molecule has 3 aromatic carbocycles. The lowest BCUT2D eigenvalue weighted by Gasteiger charge is -2.28. The third-order valence-corrected chi connectivity index (χ3v) is 6.91. The van der Waals surface area contributed by atoms with Gasteiger partial charge in [-0.1, -0.05) is 35.9 Å². The maximum Gasteiger partial charge on any atom is 0.335 e. The van der Waals surface area contributed by atoms with Gasteiger partial charge >= 0.3 is 12.0 Å². The maximum atomic E-state index is 13.2. The molecule has 1 unspecified atom stereocenters. The Balaban J connectivity index is 1.37. The second-order valence-corrected chi connectivity index (χ2v) is 9.63. The highest BCUT2D eigenvalue weighted by Crippen LogP contribution is 2.29. The number of likely N-dealkylation sites (tertiary alicyclic amines) is 1. The third-order valence-electron chi connectivity index (χ3n) is 6.53. The van der Waals surface area contributed by atoms with Gasteiger partial charge in [-0.2, -0.15) is 0 Å². The first-order valence-corrected chi connectivity index (χ1v) is 12.9. The van der Waals surface area contributed by atoms with E-state index in [4.69, 9.17) is 26.2 Å². The quantitative estimate of drug-likeness (QED) is 0.301. The van der Waals surface area contributed by atoms with Crippen molar-refractivity contribution in [3.8, 4) is 11.5 Å². The summed E-state index contributed by atoms with van der Waals surface area (Å²) in [6, 6.07) is 17.9. The van der Waals surface area contributed by atoms with Crippen molar-refractivity contribution in [3.63, 3.8) is 0 Å². The van der Waals surface area contributed by atoms with E-state index < -0.39 is 17.6 Å². The second kappa shape index (κ2) is 12.5. The number of carboxylic acid groups (broad SMARTS) is 1. The van der Waals surface area contributed by atoms with Crippen molar-refractivity contribution < 1.29 is 29.0 Å². The Kier molecular flexibility index (Phi) is 8.93. The normalized spacial score (nSPS) is 15.4. The summed E-state index contributed by atoms with van der Waals surface area (Å²) in [6.45, 7) is 2.47. The van der Waals surface area contributed by atoms with Crippen molar-refractivity contribution in [2.75, 3.05) is 24.3 Å². The fourth-order valence-corrected chi connectivity index (χ4v) is 4.84. The molecule has 0 aliphatic carbocycles. The highest BCUT2D eigenvalue weighted by molar-refractivity contribution is 6.20. The lowest BCUT2D eigenvalue weighted by Crippen LogP contribution is -2.43. The molecule has 1 saturated heterocycles. The van der Waals surface area contributed by atoms with Crippen molar-refractivity contribution in [1.29, 1.82) is 0 Å². The number of carbonyl (C=O) groups excluding carboxylic acids is 2.